The highest BCUT2D eigenvalue weighted by atomic mass is 19.1. The van der Waals surface area contributed by atoms with Gasteiger partial charge in [0.25, 0.3) is 0 Å². The van der Waals surface area contributed by atoms with Gasteiger partial charge in [-0.2, -0.15) is 5.26 Å². The van der Waals surface area contributed by atoms with Gasteiger partial charge in [0.05, 0.1) is 6.07 Å². The molecule has 0 amide bonds. The summed E-state index contributed by atoms with van der Waals surface area (Å²) in [5, 5.41) is 12.9. The average Bonchev–Trinajstić information content (AvgIpc) is 2.42. The first kappa shape index (κ1) is 13.9. The Labute approximate surface area is 114 Å². The fourth-order valence-electron chi connectivity index (χ4n) is 2.94. The molecule has 1 aliphatic rings. The maximum absolute atomic E-state index is 12.9. The van der Waals surface area contributed by atoms with E-state index in [1.165, 1.54) is 18.6 Å². The van der Waals surface area contributed by atoms with E-state index in [0.29, 0.717) is 11.8 Å². The van der Waals surface area contributed by atoms with E-state index in [0.717, 1.165) is 24.9 Å². The van der Waals surface area contributed by atoms with Gasteiger partial charge in [0.1, 0.15) is 11.4 Å². The third kappa shape index (κ3) is 3.26. The van der Waals surface area contributed by atoms with Crippen molar-refractivity contribution in [1.82, 2.24) is 0 Å². The zero-order valence-corrected chi connectivity index (χ0v) is 11.6. The molecule has 2 unspecified atom stereocenters. The van der Waals surface area contributed by atoms with Crippen LogP contribution in [-0.2, 0) is 0 Å². The van der Waals surface area contributed by atoms with Crippen LogP contribution in [0.1, 0.15) is 39.5 Å². The highest BCUT2D eigenvalue weighted by Gasteiger charge is 2.37. The van der Waals surface area contributed by atoms with Gasteiger partial charge in [-0.25, -0.2) is 4.39 Å². The summed E-state index contributed by atoms with van der Waals surface area (Å²) in [6.07, 6.45) is 4.01. The predicted octanol–water partition coefficient (Wildman–Crippen LogP) is 4.35. The van der Waals surface area contributed by atoms with Crippen molar-refractivity contribution in [3.8, 4) is 6.07 Å². The number of nitrogens with zero attached hydrogens (tertiary/aromatic N) is 1. The van der Waals surface area contributed by atoms with E-state index in [1.807, 2.05) is 0 Å². The molecule has 0 bridgehead atoms. The molecule has 3 heteroatoms. The number of benzene rings is 1. The Morgan fingerprint density at radius 2 is 2.05 bits per heavy atom. The number of rotatable bonds is 3. The van der Waals surface area contributed by atoms with Crippen LogP contribution >= 0.6 is 0 Å². The average molecular weight is 260 g/mol. The van der Waals surface area contributed by atoms with Gasteiger partial charge in [0.2, 0.25) is 0 Å². The lowest BCUT2D eigenvalue weighted by atomic mass is 9.72. The van der Waals surface area contributed by atoms with Crippen LogP contribution in [0.4, 0.5) is 10.1 Å². The summed E-state index contributed by atoms with van der Waals surface area (Å²) in [5.41, 5.74) is 0.331. The van der Waals surface area contributed by atoms with Crippen LogP contribution in [0.5, 0.6) is 0 Å². The number of halogens is 1. The largest absolute Gasteiger partial charge is 0.367 e. The van der Waals surface area contributed by atoms with E-state index in [2.05, 4.69) is 25.2 Å². The number of nitrogens with one attached hydrogen (secondary N) is 1. The molecule has 1 fully saturated rings. The molecule has 0 heterocycles. The Balaban J connectivity index is 2.14. The zero-order chi connectivity index (χ0) is 13.9. The Kier molecular flexibility index (Phi) is 4.09. The van der Waals surface area contributed by atoms with Gasteiger partial charge in [0.15, 0.2) is 0 Å². The molecule has 1 saturated carbocycles. The standard InChI is InChI=1S/C16H21FN2/c1-12(2)13-4-3-9-16(10-13,11-18)19-15-7-5-14(17)6-8-15/h5-8,12-13,19H,3-4,9-10H2,1-2H3. The minimum atomic E-state index is -0.495. The molecule has 1 aromatic carbocycles. The topological polar surface area (TPSA) is 35.8 Å². The Bertz CT molecular complexity index is 461. The summed E-state index contributed by atoms with van der Waals surface area (Å²) < 4.78 is 12.9. The van der Waals surface area contributed by atoms with E-state index < -0.39 is 5.54 Å². The second kappa shape index (κ2) is 5.61. The van der Waals surface area contributed by atoms with Crippen LogP contribution < -0.4 is 5.32 Å². The molecular weight excluding hydrogens is 239 g/mol. The first-order valence-corrected chi connectivity index (χ1v) is 7.00. The summed E-state index contributed by atoms with van der Waals surface area (Å²) in [7, 11) is 0. The van der Waals surface area contributed by atoms with Gasteiger partial charge in [-0.15, -0.1) is 0 Å². The quantitative estimate of drug-likeness (QED) is 0.877. The molecule has 2 nitrogen and oxygen atoms in total. The minimum Gasteiger partial charge on any atom is -0.367 e. The maximum atomic E-state index is 12.9. The summed E-state index contributed by atoms with van der Waals surface area (Å²) in [4.78, 5) is 0. The van der Waals surface area contributed by atoms with E-state index in [4.69, 9.17) is 0 Å². The van der Waals surface area contributed by atoms with Crippen LogP contribution in [0.2, 0.25) is 0 Å². The normalized spacial score (nSPS) is 27.0. The van der Waals surface area contributed by atoms with Crippen molar-refractivity contribution >= 4 is 5.69 Å². The SMILES string of the molecule is CC(C)C1CCCC(C#N)(Nc2ccc(F)cc2)C1. The molecule has 1 aromatic rings. The Morgan fingerprint density at radius 3 is 2.63 bits per heavy atom. The molecule has 2 atom stereocenters. The van der Waals surface area contributed by atoms with Crippen LogP contribution in [0.15, 0.2) is 24.3 Å². The van der Waals surface area contributed by atoms with E-state index in [-0.39, 0.29) is 5.82 Å². The van der Waals surface area contributed by atoms with Crippen molar-refractivity contribution in [3.05, 3.63) is 30.1 Å². The fraction of sp³-hybridized carbons (Fsp3) is 0.562. The van der Waals surface area contributed by atoms with E-state index in [1.54, 1.807) is 12.1 Å². The second-order valence-electron chi connectivity index (χ2n) is 5.93. The molecule has 0 aliphatic heterocycles. The van der Waals surface area contributed by atoms with Crippen molar-refractivity contribution in [3.63, 3.8) is 0 Å². The summed E-state index contributed by atoms with van der Waals surface area (Å²) in [6, 6.07) is 8.72. The van der Waals surface area contributed by atoms with E-state index >= 15 is 0 Å². The van der Waals surface area contributed by atoms with Crippen LogP contribution in [0.3, 0.4) is 0 Å². The van der Waals surface area contributed by atoms with Gasteiger partial charge in [0, 0.05) is 5.69 Å². The smallest absolute Gasteiger partial charge is 0.125 e. The van der Waals surface area contributed by atoms with Crippen molar-refractivity contribution in [2.45, 2.75) is 45.1 Å². The molecule has 19 heavy (non-hydrogen) atoms. The van der Waals surface area contributed by atoms with Gasteiger partial charge >= 0.3 is 0 Å². The molecule has 1 aliphatic carbocycles. The Morgan fingerprint density at radius 1 is 1.37 bits per heavy atom. The highest BCUT2D eigenvalue weighted by molar-refractivity contribution is 5.48. The molecule has 1 N–H and O–H groups in total. The highest BCUT2D eigenvalue weighted by Crippen LogP contribution is 2.38. The van der Waals surface area contributed by atoms with Crippen LogP contribution in [0.25, 0.3) is 0 Å². The molecule has 0 saturated heterocycles. The van der Waals surface area contributed by atoms with Crippen molar-refractivity contribution in [1.29, 1.82) is 5.26 Å². The van der Waals surface area contributed by atoms with Crippen LogP contribution in [-0.4, -0.2) is 5.54 Å². The minimum absolute atomic E-state index is 0.250. The Hall–Kier alpha value is -1.56. The third-order valence-corrected chi connectivity index (χ3v) is 4.17. The summed E-state index contributed by atoms with van der Waals surface area (Å²) >= 11 is 0. The van der Waals surface area contributed by atoms with Crippen molar-refractivity contribution in [2.24, 2.45) is 11.8 Å². The first-order chi connectivity index (χ1) is 9.04. The van der Waals surface area contributed by atoms with Crippen LogP contribution in [0, 0.1) is 29.0 Å². The number of hydrogen-bond donors (Lipinski definition) is 1. The molecule has 102 valence electrons. The van der Waals surface area contributed by atoms with Crippen molar-refractivity contribution < 1.29 is 4.39 Å². The predicted molar refractivity (Wildman–Crippen MR) is 75.2 cm³/mol. The lowest BCUT2D eigenvalue weighted by Crippen LogP contribution is -2.42. The second-order valence-corrected chi connectivity index (χ2v) is 5.93. The maximum Gasteiger partial charge on any atom is 0.125 e. The first-order valence-electron chi connectivity index (χ1n) is 7.00. The van der Waals surface area contributed by atoms with Gasteiger partial charge < -0.3 is 5.32 Å². The number of anilines is 1. The molecule has 0 radical (unpaired) electrons. The lowest BCUT2D eigenvalue weighted by Gasteiger charge is -2.38. The molecular formula is C16H21FN2. The monoisotopic (exact) mass is 260 g/mol. The third-order valence-electron chi connectivity index (χ3n) is 4.17. The van der Waals surface area contributed by atoms with Gasteiger partial charge in [-0.3, -0.25) is 0 Å². The number of nitriles is 1. The zero-order valence-electron chi connectivity index (χ0n) is 11.6. The number of hydrogen-bond acceptors (Lipinski definition) is 2. The van der Waals surface area contributed by atoms with Gasteiger partial charge in [-0.1, -0.05) is 13.8 Å². The lowest BCUT2D eigenvalue weighted by molar-refractivity contribution is 0.232. The van der Waals surface area contributed by atoms with E-state index in [9.17, 15) is 9.65 Å². The van der Waals surface area contributed by atoms with Crippen molar-refractivity contribution in [2.75, 3.05) is 5.32 Å². The molecule has 0 aromatic heterocycles. The summed E-state index contributed by atoms with van der Waals surface area (Å²) in [6.45, 7) is 4.44. The molecule has 2 rings (SSSR count). The van der Waals surface area contributed by atoms with Gasteiger partial charge in [-0.05, 0) is 61.8 Å². The summed E-state index contributed by atoms with van der Waals surface area (Å²) in [5.74, 6) is 0.935. The molecule has 0 spiro atoms. The fourth-order valence-corrected chi connectivity index (χ4v) is 2.94.